The zero-order valence-corrected chi connectivity index (χ0v) is 19.4. The van der Waals surface area contributed by atoms with Crippen molar-refractivity contribution in [1.29, 1.82) is 10.7 Å². The number of nitrogens with two attached hydrogens (primary N) is 1. The number of hydrogen-bond acceptors (Lipinski definition) is 5. The average Bonchev–Trinajstić information content (AvgIpc) is 3.31. The molecule has 0 saturated heterocycles. The number of methoxy groups -OCH3 is 1. The van der Waals surface area contributed by atoms with E-state index in [-0.39, 0.29) is 12.0 Å². The van der Waals surface area contributed by atoms with E-state index >= 15 is 0 Å². The predicted molar refractivity (Wildman–Crippen MR) is 125 cm³/mol. The van der Waals surface area contributed by atoms with Gasteiger partial charge in [0, 0.05) is 25.3 Å². The summed E-state index contributed by atoms with van der Waals surface area (Å²) in [6.45, 7) is 0.457. The second kappa shape index (κ2) is 10.1. The van der Waals surface area contributed by atoms with Crippen molar-refractivity contribution in [3.8, 4) is 6.07 Å². The number of nitrogens with one attached hydrogen (secondary N) is 1. The standard InChI is InChI=1S/C23H30F2N5OP/c1-31-18-5-6-19-17(12-18)7-9-22(19,13-16(14-27)4-2-8-23(24,25)32)20-15-30(11-3-10-26)21(28)29-20/h2,6,8,12,14-16,18,27H,3-5,7,9,11,13,32H2,1H3,(H2,28,29)/b8-2+,27-14?. The summed E-state index contributed by atoms with van der Waals surface area (Å²) in [5, 5.41) is 16.9. The van der Waals surface area contributed by atoms with Crippen LogP contribution in [0.5, 0.6) is 0 Å². The SMILES string of the molecule is COC1C=C2CCC(CC(C=N)C/C=C/C(F)(F)P)(c3cn(CCC#N)c(N)n3)C2=CC1. The first-order chi connectivity index (χ1) is 15.2. The minimum absolute atomic E-state index is 0.0357. The zero-order valence-electron chi connectivity index (χ0n) is 18.2. The number of alkyl halides is 2. The lowest BCUT2D eigenvalue weighted by Crippen LogP contribution is -2.30. The molecule has 0 bridgehead atoms. The predicted octanol–water partition coefficient (Wildman–Crippen LogP) is 4.75. The van der Waals surface area contributed by atoms with Gasteiger partial charge in [-0.1, -0.05) is 27.5 Å². The number of aryl methyl sites for hydroxylation is 1. The number of allylic oxidation sites excluding steroid dienone is 4. The van der Waals surface area contributed by atoms with Crippen LogP contribution in [0.2, 0.25) is 0 Å². The summed E-state index contributed by atoms with van der Waals surface area (Å²) in [6, 6.07) is 2.13. The lowest BCUT2D eigenvalue weighted by molar-refractivity contribution is 0.141. The molecule has 2 aliphatic rings. The molecule has 1 heterocycles. The monoisotopic (exact) mass is 461 g/mol. The molecule has 1 aromatic heterocycles. The third-order valence-electron chi connectivity index (χ3n) is 6.31. The molecule has 3 rings (SSSR count). The number of nitriles is 1. The van der Waals surface area contributed by atoms with Crippen LogP contribution in [0.4, 0.5) is 14.7 Å². The summed E-state index contributed by atoms with van der Waals surface area (Å²) < 4.78 is 33.7. The molecular formula is C23H30F2N5OP. The van der Waals surface area contributed by atoms with Gasteiger partial charge in [0.25, 0.3) is 5.66 Å². The average molecular weight is 461 g/mol. The third kappa shape index (κ3) is 5.33. The largest absolute Gasteiger partial charge is 0.377 e. The first-order valence-electron chi connectivity index (χ1n) is 10.7. The van der Waals surface area contributed by atoms with Crippen molar-refractivity contribution in [2.24, 2.45) is 5.92 Å². The first kappa shape index (κ1) is 24.3. The van der Waals surface area contributed by atoms with Crippen molar-refractivity contribution < 1.29 is 13.5 Å². The Labute approximate surface area is 189 Å². The second-order valence-electron chi connectivity index (χ2n) is 8.43. The van der Waals surface area contributed by atoms with Crippen LogP contribution in [-0.4, -0.2) is 34.6 Å². The Morgan fingerprint density at radius 2 is 2.34 bits per heavy atom. The Hall–Kier alpha value is -2.36. The molecule has 6 nitrogen and oxygen atoms in total. The van der Waals surface area contributed by atoms with Gasteiger partial charge >= 0.3 is 0 Å². The van der Waals surface area contributed by atoms with E-state index in [1.165, 1.54) is 32.7 Å². The van der Waals surface area contributed by atoms with Gasteiger partial charge in [-0.25, -0.2) is 4.98 Å². The van der Waals surface area contributed by atoms with Crippen LogP contribution in [-0.2, 0) is 16.7 Å². The van der Waals surface area contributed by atoms with Crippen LogP contribution >= 0.6 is 9.24 Å². The number of aromatic nitrogens is 2. The van der Waals surface area contributed by atoms with Crippen molar-refractivity contribution in [1.82, 2.24) is 9.55 Å². The molecule has 0 amide bonds. The van der Waals surface area contributed by atoms with Gasteiger partial charge in [0.1, 0.15) is 0 Å². The lowest BCUT2D eigenvalue weighted by atomic mass is 9.70. The number of nitrogen functional groups attached to an aromatic ring is 1. The first-order valence-corrected chi connectivity index (χ1v) is 11.3. The highest BCUT2D eigenvalue weighted by Crippen LogP contribution is 2.53. The van der Waals surface area contributed by atoms with Crippen LogP contribution in [0.1, 0.15) is 44.2 Å². The number of ether oxygens (including phenoxy) is 1. The molecule has 0 aliphatic heterocycles. The third-order valence-corrected chi connectivity index (χ3v) is 6.51. The van der Waals surface area contributed by atoms with E-state index < -0.39 is 11.1 Å². The zero-order chi connectivity index (χ0) is 23.4. The molecule has 0 spiro atoms. The van der Waals surface area contributed by atoms with E-state index in [1.807, 2.05) is 6.20 Å². The van der Waals surface area contributed by atoms with E-state index in [0.29, 0.717) is 31.8 Å². The Morgan fingerprint density at radius 1 is 1.56 bits per heavy atom. The number of hydrogen-bond donors (Lipinski definition) is 2. The highest BCUT2D eigenvalue weighted by Gasteiger charge is 2.46. The molecule has 9 heteroatoms. The van der Waals surface area contributed by atoms with Crippen LogP contribution in [0.15, 0.2) is 41.6 Å². The van der Waals surface area contributed by atoms with Gasteiger partial charge in [-0.3, -0.25) is 0 Å². The molecule has 1 aromatic rings. The molecule has 172 valence electrons. The van der Waals surface area contributed by atoms with Crippen LogP contribution < -0.4 is 5.73 Å². The molecule has 32 heavy (non-hydrogen) atoms. The van der Waals surface area contributed by atoms with E-state index in [4.69, 9.17) is 21.1 Å². The maximum atomic E-state index is 13.2. The van der Waals surface area contributed by atoms with Crippen LogP contribution in [0.3, 0.4) is 0 Å². The van der Waals surface area contributed by atoms with E-state index in [9.17, 15) is 8.78 Å². The quantitative estimate of drug-likeness (QED) is 0.298. The summed E-state index contributed by atoms with van der Waals surface area (Å²) in [5.41, 5.74) is 5.93. The molecule has 0 aromatic carbocycles. The van der Waals surface area contributed by atoms with Crippen LogP contribution in [0.25, 0.3) is 0 Å². The molecule has 4 atom stereocenters. The summed E-state index contributed by atoms with van der Waals surface area (Å²) in [6.07, 6.45) is 13.6. The minimum atomic E-state index is -2.96. The molecule has 3 N–H and O–H groups in total. The van der Waals surface area contributed by atoms with Gasteiger partial charge in [-0.15, -0.1) is 0 Å². The summed E-state index contributed by atoms with van der Waals surface area (Å²) in [5.74, 6) is 0.122. The van der Waals surface area contributed by atoms with Gasteiger partial charge < -0.3 is 20.4 Å². The highest BCUT2D eigenvalue weighted by atomic mass is 31.0. The van der Waals surface area contributed by atoms with Crippen molar-refractivity contribution in [2.75, 3.05) is 12.8 Å². The number of rotatable bonds is 10. The normalized spacial score (nSPS) is 24.0. The smallest absolute Gasteiger partial charge is 0.277 e. The van der Waals surface area contributed by atoms with Crippen molar-refractivity contribution in [2.45, 2.75) is 62.3 Å². The van der Waals surface area contributed by atoms with Gasteiger partial charge in [-0.2, -0.15) is 14.0 Å². The highest BCUT2D eigenvalue weighted by molar-refractivity contribution is 7.18. The molecule has 1 saturated carbocycles. The Balaban J connectivity index is 1.97. The van der Waals surface area contributed by atoms with E-state index in [1.54, 1.807) is 11.7 Å². The Bertz CT molecular complexity index is 972. The van der Waals surface area contributed by atoms with Gasteiger partial charge in [0.2, 0.25) is 0 Å². The fraction of sp³-hybridized carbons (Fsp3) is 0.522. The number of fused-ring (bicyclic) bond motifs is 1. The summed E-state index contributed by atoms with van der Waals surface area (Å²) >= 11 is 0. The fourth-order valence-electron chi connectivity index (χ4n) is 4.77. The molecule has 0 radical (unpaired) electrons. The van der Waals surface area contributed by atoms with Crippen molar-refractivity contribution >= 4 is 21.4 Å². The maximum absolute atomic E-state index is 13.2. The number of nitrogens with zero attached hydrogens (tertiary/aromatic N) is 3. The Kier molecular flexibility index (Phi) is 7.63. The van der Waals surface area contributed by atoms with E-state index in [0.717, 1.165) is 31.0 Å². The maximum Gasteiger partial charge on any atom is 0.277 e. The molecular weight excluding hydrogens is 431 g/mol. The lowest BCUT2D eigenvalue weighted by Gasteiger charge is -2.33. The molecule has 4 unspecified atom stereocenters. The van der Waals surface area contributed by atoms with Crippen molar-refractivity contribution in [3.05, 3.63) is 47.3 Å². The minimum Gasteiger partial charge on any atom is -0.377 e. The molecule has 2 aliphatic carbocycles. The Morgan fingerprint density at radius 3 is 3.00 bits per heavy atom. The summed E-state index contributed by atoms with van der Waals surface area (Å²) in [4.78, 5) is 4.67. The number of imidazole rings is 1. The van der Waals surface area contributed by atoms with Crippen LogP contribution in [0, 0.1) is 22.7 Å². The van der Waals surface area contributed by atoms with Gasteiger partial charge in [-0.05, 0) is 61.5 Å². The van der Waals surface area contributed by atoms with Gasteiger partial charge in [0.15, 0.2) is 5.95 Å². The number of halogens is 2. The summed E-state index contributed by atoms with van der Waals surface area (Å²) in [7, 11) is 3.20. The fourth-order valence-corrected chi connectivity index (χ4v) is 4.90. The second-order valence-corrected chi connectivity index (χ2v) is 9.20. The topological polar surface area (TPSA) is 101 Å². The molecule has 1 fully saturated rings. The van der Waals surface area contributed by atoms with E-state index in [2.05, 4.69) is 23.2 Å². The number of anilines is 1. The van der Waals surface area contributed by atoms with Gasteiger partial charge in [0.05, 0.1) is 24.3 Å². The van der Waals surface area contributed by atoms with Crippen molar-refractivity contribution in [3.63, 3.8) is 0 Å².